The fourth-order valence-electron chi connectivity index (χ4n) is 1.57. The molecule has 0 aromatic heterocycles. The van der Waals surface area contributed by atoms with Gasteiger partial charge in [0.15, 0.2) is 0 Å². The van der Waals surface area contributed by atoms with E-state index < -0.39 is 11.0 Å². The Labute approximate surface area is 92.4 Å². The van der Waals surface area contributed by atoms with E-state index in [4.69, 9.17) is 10.5 Å². The Bertz CT molecular complexity index is 234. The van der Waals surface area contributed by atoms with Gasteiger partial charge < -0.3 is 10.5 Å². The van der Waals surface area contributed by atoms with E-state index in [1.807, 2.05) is 27.7 Å². The first-order valence-electron chi connectivity index (χ1n) is 5.75. The summed E-state index contributed by atoms with van der Waals surface area (Å²) in [5.74, 6) is -0.165. The molecule has 3 heteroatoms. The van der Waals surface area contributed by atoms with Crippen LogP contribution in [0.1, 0.15) is 53.4 Å². The van der Waals surface area contributed by atoms with Crippen molar-refractivity contribution in [1.82, 2.24) is 0 Å². The molecule has 1 saturated carbocycles. The molecule has 0 aliphatic heterocycles. The third-order valence-corrected chi connectivity index (χ3v) is 3.70. The van der Waals surface area contributed by atoms with Crippen molar-refractivity contribution in [1.29, 1.82) is 0 Å². The van der Waals surface area contributed by atoms with Crippen molar-refractivity contribution in [2.45, 2.75) is 65.0 Å². The Morgan fingerprint density at radius 1 is 1.20 bits per heavy atom. The van der Waals surface area contributed by atoms with Crippen LogP contribution in [0.25, 0.3) is 0 Å². The lowest BCUT2D eigenvalue weighted by Gasteiger charge is -2.36. The Hall–Kier alpha value is -0.570. The van der Waals surface area contributed by atoms with E-state index >= 15 is 0 Å². The van der Waals surface area contributed by atoms with Crippen molar-refractivity contribution in [3.63, 3.8) is 0 Å². The number of carbonyl (C=O) groups excluding carboxylic acids is 1. The number of ether oxygens (including phenoxy) is 1. The summed E-state index contributed by atoms with van der Waals surface area (Å²) in [7, 11) is 0. The fourth-order valence-corrected chi connectivity index (χ4v) is 1.57. The van der Waals surface area contributed by atoms with Crippen molar-refractivity contribution in [2.75, 3.05) is 0 Å². The third kappa shape index (κ3) is 2.71. The molecule has 0 amide bonds. The monoisotopic (exact) mass is 213 g/mol. The minimum Gasteiger partial charge on any atom is -0.462 e. The summed E-state index contributed by atoms with van der Waals surface area (Å²) < 4.78 is 5.48. The molecule has 0 saturated heterocycles. The van der Waals surface area contributed by atoms with E-state index in [0.717, 1.165) is 12.8 Å². The Balaban J connectivity index is 2.59. The Kier molecular flexibility index (Phi) is 3.44. The van der Waals surface area contributed by atoms with Crippen molar-refractivity contribution in [2.24, 2.45) is 11.1 Å². The summed E-state index contributed by atoms with van der Waals surface area (Å²) in [5.41, 5.74) is 4.81. The molecule has 0 aromatic rings. The highest BCUT2D eigenvalue weighted by molar-refractivity contribution is 5.77. The van der Waals surface area contributed by atoms with E-state index in [0.29, 0.717) is 0 Å². The van der Waals surface area contributed by atoms with Gasteiger partial charge in [0.25, 0.3) is 0 Å². The van der Waals surface area contributed by atoms with Crippen LogP contribution in [-0.4, -0.2) is 17.6 Å². The lowest BCUT2D eigenvalue weighted by molar-refractivity contribution is -0.162. The standard InChI is InChI=1S/C12H23NO2/c1-11(2,12(3,4)13)10(14)15-9-7-5-6-8-9/h9H,5-8,13H2,1-4H3. The number of rotatable bonds is 3. The molecular weight excluding hydrogens is 190 g/mol. The van der Waals surface area contributed by atoms with Crippen molar-refractivity contribution in [3.05, 3.63) is 0 Å². The maximum Gasteiger partial charge on any atom is 0.313 e. The van der Waals surface area contributed by atoms with Crippen molar-refractivity contribution in [3.8, 4) is 0 Å². The lowest BCUT2D eigenvalue weighted by Crippen LogP contribution is -2.52. The molecule has 1 fully saturated rings. The minimum absolute atomic E-state index is 0.124. The normalized spacial score (nSPS) is 19.3. The van der Waals surface area contributed by atoms with Gasteiger partial charge in [-0.15, -0.1) is 0 Å². The molecule has 0 radical (unpaired) electrons. The molecule has 0 spiro atoms. The highest BCUT2D eigenvalue weighted by atomic mass is 16.5. The molecular formula is C12H23NO2. The predicted molar refractivity (Wildman–Crippen MR) is 60.4 cm³/mol. The average molecular weight is 213 g/mol. The number of esters is 1. The van der Waals surface area contributed by atoms with Gasteiger partial charge in [0, 0.05) is 5.54 Å². The zero-order valence-corrected chi connectivity index (χ0v) is 10.3. The van der Waals surface area contributed by atoms with Gasteiger partial charge in [-0.1, -0.05) is 0 Å². The maximum absolute atomic E-state index is 12.0. The Morgan fingerprint density at radius 2 is 1.67 bits per heavy atom. The summed E-state index contributed by atoms with van der Waals surface area (Å²) in [6.45, 7) is 7.43. The van der Waals surface area contributed by atoms with Crippen LogP contribution >= 0.6 is 0 Å². The Morgan fingerprint density at radius 3 is 2.07 bits per heavy atom. The van der Waals surface area contributed by atoms with E-state index in [1.165, 1.54) is 12.8 Å². The zero-order valence-electron chi connectivity index (χ0n) is 10.3. The van der Waals surface area contributed by atoms with Crippen molar-refractivity contribution < 1.29 is 9.53 Å². The highest BCUT2D eigenvalue weighted by Crippen LogP contribution is 2.32. The van der Waals surface area contributed by atoms with Crippen molar-refractivity contribution >= 4 is 5.97 Å². The second-order valence-corrected chi connectivity index (χ2v) is 5.66. The topological polar surface area (TPSA) is 52.3 Å². The van der Waals surface area contributed by atoms with Crippen LogP contribution < -0.4 is 5.73 Å². The zero-order chi connectivity index (χ0) is 11.7. The van der Waals surface area contributed by atoms with Crippen LogP contribution in [0.5, 0.6) is 0 Å². The predicted octanol–water partition coefficient (Wildman–Crippen LogP) is 2.24. The molecule has 0 unspecified atom stereocenters. The van der Waals surface area contributed by atoms with Gasteiger partial charge in [-0.05, 0) is 53.4 Å². The second-order valence-electron chi connectivity index (χ2n) is 5.66. The van der Waals surface area contributed by atoms with Crippen LogP contribution in [0, 0.1) is 5.41 Å². The molecule has 1 rings (SSSR count). The molecule has 0 aromatic carbocycles. The van der Waals surface area contributed by atoms with Crippen LogP contribution in [0.3, 0.4) is 0 Å². The smallest absolute Gasteiger partial charge is 0.313 e. The average Bonchev–Trinajstić information content (AvgIpc) is 2.54. The van der Waals surface area contributed by atoms with E-state index in [9.17, 15) is 4.79 Å². The summed E-state index contributed by atoms with van der Waals surface area (Å²) in [6.07, 6.45) is 4.48. The number of nitrogens with two attached hydrogens (primary N) is 1. The summed E-state index contributed by atoms with van der Waals surface area (Å²) in [5, 5.41) is 0. The van der Waals surface area contributed by atoms with Crippen LogP contribution in [-0.2, 0) is 9.53 Å². The first-order chi connectivity index (χ1) is 6.75. The van der Waals surface area contributed by atoms with Crippen LogP contribution in [0.15, 0.2) is 0 Å². The quantitative estimate of drug-likeness (QED) is 0.731. The van der Waals surface area contributed by atoms with Crippen LogP contribution in [0.4, 0.5) is 0 Å². The molecule has 88 valence electrons. The molecule has 1 aliphatic rings. The largest absolute Gasteiger partial charge is 0.462 e. The highest BCUT2D eigenvalue weighted by Gasteiger charge is 2.42. The number of hydrogen-bond acceptors (Lipinski definition) is 3. The summed E-state index contributed by atoms with van der Waals surface area (Å²) >= 11 is 0. The summed E-state index contributed by atoms with van der Waals surface area (Å²) in [6, 6.07) is 0. The molecule has 0 bridgehead atoms. The van der Waals surface area contributed by atoms with Gasteiger partial charge in [-0.2, -0.15) is 0 Å². The van der Waals surface area contributed by atoms with E-state index in [-0.39, 0.29) is 12.1 Å². The van der Waals surface area contributed by atoms with E-state index in [1.54, 1.807) is 0 Å². The molecule has 0 heterocycles. The van der Waals surface area contributed by atoms with Gasteiger partial charge in [0.1, 0.15) is 6.10 Å². The number of carbonyl (C=O) groups is 1. The molecule has 0 atom stereocenters. The molecule has 2 N–H and O–H groups in total. The van der Waals surface area contributed by atoms with Gasteiger partial charge >= 0.3 is 5.97 Å². The third-order valence-electron chi connectivity index (χ3n) is 3.70. The lowest BCUT2D eigenvalue weighted by atomic mass is 9.75. The van der Waals surface area contributed by atoms with Gasteiger partial charge in [-0.3, -0.25) is 4.79 Å². The van der Waals surface area contributed by atoms with Gasteiger partial charge in [0.2, 0.25) is 0 Å². The maximum atomic E-state index is 12.0. The summed E-state index contributed by atoms with van der Waals surface area (Å²) in [4.78, 5) is 12.0. The minimum atomic E-state index is -0.629. The van der Waals surface area contributed by atoms with Gasteiger partial charge in [0.05, 0.1) is 5.41 Å². The van der Waals surface area contributed by atoms with Gasteiger partial charge in [-0.25, -0.2) is 0 Å². The first kappa shape index (κ1) is 12.5. The molecule has 3 nitrogen and oxygen atoms in total. The van der Waals surface area contributed by atoms with E-state index in [2.05, 4.69) is 0 Å². The second kappa shape index (κ2) is 4.12. The molecule has 1 aliphatic carbocycles. The number of hydrogen-bond donors (Lipinski definition) is 1. The SMILES string of the molecule is CC(C)(N)C(C)(C)C(=O)OC1CCCC1. The van der Waals surface area contributed by atoms with Crippen LogP contribution in [0.2, 0.25) is 0 Å². The molecule has 15 heavy (non-hydrogen) atoms. The fraction of sp³-hybridized carbons (Fsp3) is 0.917. The first-order valence-corrected chi connectivity index (χ1v) is 5.75.